The number of fused-ring (bicyclic) bond motifs is 1. The third kappa shape index (κ3) is 6.54. The van der Waals surface area contributed by atoms with E-state index in [9.17, 15) is 22.7 Å². The Morgan fingerprint density at radius 3 is 2.46 bits per heavy atom. The zero-order valence-corrected chi connectivity index (χ0v) is 22.1. The molecule has 2 aliphatic heterocycles. The van der Waals surface area contributed by atoms with Gasteiger partial charge in [-0.25, -0.2) is 12.8 Å². The summed E-state index contributed by atoms with van der Waals surface area (Å²) in [6.45, 7) is -0.199. The molecule has 0 bridgehead atoms. The van der Waals surface area contributed by atoms with Crippen LogP contribution in [0.15, 0.2) is 83.8 Å². The number of carbonyl (C=O) groups excluding carboxylic acids is 1. The van der Waals surface area contributed by atoms with Gasteiger partial charge in [0.15, 0.2) is 0 Å². The van der Waals surface area contributed by atoms with Gasteiger partial charge in [0.1, 0.15) is 5.82 Å². The molecule has 10 heteroatoms. The van der Waals surface area contributed by atoms with Crippen LogP contribution in [0.5, 0.6) is 0 Å². The fourth-order valence-electron chi connectivity index (χ4n) is 5.13. The molecule has 39 heavy (non-hydrogen) atoms. The predicted molar refractivity (Wildman–Crippen MR) is 144 cm³/mol. The van der Waals surface area contributed by atoms with E-state index in [2.05, 4.69) is 5.32 Å². The Morgan fingerprint density at radius 1 is 0.974 bits per heavy atom. The highest BCUT2D eigenvalue weighted by Gasteiger charge is 2.43. The van der Waals surface area contributed by atoms with Crippen LogP contribution in [0.2, 0.25) is 0 Å². The van der Waals surface area contributed by atoms with Crippen LogP contribution >= 0.6 is 0 Å². The molecular formula is C29H31FN2O6S. The Balaban J connectivity index is 1.24. The minimum Gasteiger partial charge on any atom is -0.389 e. The van der Waals surface area contributed by atoms with E-state index in [0.29, 0.717) is 18.5 Å². The predicted octanol–water partition coefficient (Wildman–Crippen LogP) is 3.82. The summed E-state index contributed by atoms with van der Waals surface area (Å²) in [5.74, 6) is -0.874. The smallest absolute Gasteiger partial charge is 0.243 e. The van der Waals surface area contributed by atoms with Crippen molar-refractivity contribution in [2.24, 2.45) is 0 Å². The van der Waals surface area contributed by atoms with Crippen LogP contribution in [0.4, 0.5) is 10.1 Å². The van der Waals surface area contributed by atoms with Crippen LogP contribution in [0.1, 0.15) is 19.3 Å². The molecule has 2 N–H and O–H groups in total. The molecular weight excluding hydrogens is 523 g/mol. The number of amides is 1. The first-order valence-electron chi connectivity index (χ1n) is 12.9. The number of halogens is 1. The van der Waals surface area contributed by atoms with Crippen LogP contribution in [0.3, 0.4) is 0 Å². The quantitative estimate of drug-likeness (QED) is 0.480. The Bertz CT molecular complexity index is 1390. The molecule has 0 aromatic heterocycles. The molecule has 0 unspecified atom stereocenters. The van der Waals surface area contributed by atoms with Crippen LogP contribution in [-0.2, 0) is 24.3 Å². The lowest BCUT2D eigenvalue weighted by atomic mass is 9.96. The SMILES string of the molecule is O=C(C[C@H]1CC[C@H]2[C@@H](COC[C@@H](O)CN2S(=O)(=O)c2cccc(F)c2)O1)Nc1ccc(-c2ccccc2)cc1. The first kappa shape index (κ1) is 27.4. The number of rotatable bonds is 6. The lowest BCUT2D eigenvalue weighted by molar-refractivity contribution is -0.144. The molecule has 0 saturated carbocycles. The highest BCUT2D eigenvalue weighted by atomic mass is 32.2. The van der Waals surface area contributed by atoms with Gasteiger partial charge in [-0.1, -0.05) is 48.5 Å². The minimum atomic E-state index is -4.11. The standard InChI is InChI=1S/C29H31FN2O6S/c30-22-7-4-8-26(15-22)39(35,36)32-17-24(33)18-37-19-28-27(32)14-13-25(38-28)16-29(34)31-23-11-9-21(10-12-23)20-5-2-1-3-6-20/h1-12,15,24-25,27-28,33H,13-14,16-19H2,(H,31,34)/t24-,25+,27-,28+/m0/s1. The monoisotopic (exact) mass is 554 g/mol. The molecule has 5 rings (SSSR count). The van der Waals surface area contributed by atoms with Crippen molar-refractivity contribution in [3.8, 4) is 11.1 Å². The summed E-state index contributed by atoms with van der Waals surface area (Å²) in [7, 11) is -4.11. The third-order valence-corrected chi connectivity index (χ3v) is 8.91. The number of aliphatic hydroxyl groups is 1. The maximum Gasteiger partial charge on any atom is 0.243 e. The molecule has 4 atom stereocenters. The van der Waals surface area contributed by atoms with Gasteiger partial charge in [-0.05, 0) is 54.3 Å². The molecule has 0 aliphatic carbocycles. The number of nitrogens with one attached hydrogen (secondary N) is 1. The van der Waals surface area contributed by atoms with Gasteiger partial charge in [0.2, 0.25) is 15.9 Å². The summed E-state index contributed by atoms with van der Waals surface area (Å²) in [6, 6.07) is 21.7. The van der Waals surface area contributed by atoms with E-state index in [1.165, 1.54) is 22.5 Å². The lowest BCUT2D eigenvalue weighted by Crippen LogP contribution is -2.57. The fourth-order valence-corrected chi connectivity index (χ4v) is 6.88. The number of carbonyl (C=O) groups is 1. The van der Waals surface area contributed by atoms with E-state index in [-0.39, 0.29) is 37.0 Å². The number of β-amino-alcohol motifs (C(OH)–C–C–N with tert-alkyl or cyclic N) is 1. The lowest BCUT2D eigenvalue weighted by Gasteiger charge is -2.43. The summed E-state index contributed by atoms with van der Waals surface area (Å²) in [5.41, 5.74) is 2.80. The molecule has 1 amide bonds. The van der Waals surface area contributed by atoms with Crippen LogP contribution in [-0.4, -0.2) is 67.8 Å². The average Bonchev–Trinajstić information content (AvgIpc) is 2.92. The van der Waals surface area contributed by atoms with E-state index < -0.39 is 40.2 Å². The van der Waals surface area contributed by atoms with Gasteiger partial charge in [-0.2, -0.15) is 4.31 Å². The number of sulfonamides is 1. The topological polar surface area (TPSA) is 105 Å². The Morgan fingerprint density at radius 2 is 1.72 bits per heavy atom. The minimum absolute atomic E-state index is 0.0636. The number of anilines is 1. The van der Waals surface area contributed by atoms with Crippen molar-refractivity contribution in [3.05, 3.63) is 84.7 Å². The molecule has 2 aliphatic rings. The highest BCUT2D eigenvalue weighted by Crippen LogP contribution is 2.32. The van der Waals surface area contributed by atoms with Gasteiger partial charge in [-0.15, -0.1) is 0 Å². The van der Waals surface area contributed by atoms with Gasteiger partial charge in [0.05, 0.1) is 48.9 Å². The first-order valence-corrected chi connectivity index (χ1v) is 14.4. The van der Waals surface area contributed by atoms with Crippen molar-refractivity contribution in [1.29, 1.82) is 0 Å². The molecule has 206 valence electrons. The second-order valence-electron chi connectivity index (χ2n) is 9.86. The summed E-state index contributed by atoms with van der Waals surface area (Å²) >= 11 is 0. The van der Waals surface area contributed by atoms with Crippen molar-refractivity contribution in [2.75, 3.05) is 25.1 Å². The number of benzene rings is 3. The van der Waals surface area contributed by atoms with Gasteiger partial charge >= 0.3 is 0 Å². The molecule has 8 nitrogen and oxygen atoms in total. The number of hydrogen-bond donors (Lipinski definition) is 2. The Kier molecular flexibility index (Phi) is 8.39. The normalized spacial score (nSPS) is 24.3. The fraction of sp³-hybridized carbons (Fsp3) is 0.345. The molecule has 2 fully saturated rings. The third-order valence-electron chi connectivity index (χ3n) is 7.03. The van der Waals surface area contributed by atoms with Gasteiger partial charge < -0.3 is 19.9 Å². The van der Waals surface area contributed by atoms with Crippen molar-refractivity contribution in [2.45, 2.75) is 48.5 Å². The van der Waals surface area contributed by atoms with Gasteiger partial charge in [0.25, 0.3) is 0 Å². The number of hydrogen-bond acceptors (Lipinski definition) is 6. The largest absolute Gasteiger partial charge is 0.389 e. The van der Waals surface area contributed by atoms with E-state index in [1.54, 1.807) is 0 Å². The molecule has 3 aromatic carbocycles. The van der Waals surface area contributed by atoms with Crippen LogP contribution in [0.25, 0.3) is 11.1 Å². The molecule has 2 saturated heterocycles. The number of nitrogens with zero attached hydrogens (tertiary/aromatic N) is 1. The van der Waals surface area contributed by atoms with Gasteiger partial charge in [0, 0.05) is 12.2 Å². The second kappa shape index (κ2) is 11.9. The summed E-state index contributed by atoms with van der Waals surface area (Å²) in [5, 5.41) is 13.2. The van der Waals surface area contributed by atoms with E-state index in [4.69, 9.17) is 9.47 Å². The molecule has 3 aromatic rings. The van der Waals surface area contributed by atoms with E-state index in [0.717, 1.165) is 17.2 Å². The molecule has 0 spiro atoms. The van der Waals surface area contributed by atoms with Crippen molar-refractivity contribution >= 4 is 21.6 Å². The summed E-state index contributed by atoms with van der Waals surface area (Å²) in [4.78, 5) is 12.6. The van der Waals surface area contributed by atoms with Crippen LogP contribution < -0.4 is 5.32 Å². The zero-order valence-electron chi connectivity index (χ0n) is 21.3. The highest BCUT2D eigenvalue weighted by molar-refractivity contribution is 7.89. The Labute approximate surface area is 227 Å². The van der Waals surface area contributed by atoms with Crippen molar-refractivity contribution in [3.63, 3.8) is 0 Å². The van der Waals surface area contributed by atoms with Crippen LogP contribution in [0, 0.1) is 5.82 Å². The second-order valence-corrected chi connectivity index (χ2v) is 11.8. The first-order chi connectivity index (χ1) is 18.8. The van der Waals surface area contributed by atoms with Crippen molar-refractivity contribution in [1.82, 2.24) is 4.31 Å². The van der Waals surface area contributed by atoms with E-state index in [1.807, 2.05) is 54.6 Å². The molecule has 2 heterocycles. The summed E-state index contributed by atoms with van der Waals surface area (Å²) < 4.78 is 53.7. The Hall–Kier alpha value is -3.15. The average molecular weight is 555 g/mol. The maximum absolute atomic E-state index is 13.8. The maximum atomic E-state index is 13.8. The number of ether oxygens (including phenoxy) is 2. The zero-order chi connectivity index (χ0) is 27.4. The van der Waals surface area contributed by atoms with Gasteiger partial charge in [-0.3, -0.25) is 4.79 Å². The number of aliphatic hydroxyl groups excluding tert-OH is 1. The summed E-state index contributed by atoms with van der Waals surface area (Å²) in [6.07, 6.45) is -1.17. The van der Waals surface area contributed by atoms with E-state index >= 15 is 0 Å². The molecule has 0 radical (unpaired) electrons. The van der Waals surface area contributed by atoms with Crippen molar-refractivity contribution < 1.29 is 32.2 Å².